The highest BCUT2D eigenvalue weighted by atomic mass is 16.5. The van der Waals surface area contributed by atoms with Crippen molar-refractivity contribution in [2.75, 3.05) is 7.11 Å². The van der Waals surface area contributed by atoms with Gasteiger partial charge in [0.25, 0.3) is 0 Å². The Balaban J connectivity index is 3.26. The Labute approximate surface area is 68.3 Å². The molecule has 1 aromatic rings. The second-order valence-corrected chi connectivity index (χ2v) is 2.10. The number of hydrogen-bond donors (Lipinski definition) is 2. The Bertz CT molecular complexity index is 356. The predicted molar refractivity (Wildman–Crippen MR) is 38.8 cm³/mol. The quantitative estimate of drug-likeness (QED) is 0.457. The zero-order valence-corrected chi connectivity index (χ0v) is 6.44. The van der Waals surface area contributed by atoms with Crippen molar-refractivity contribution < 1.29 is 14.7 Å². The summed E-state index contributed by atoms with van der Waals surface area (Å²) in [6.45, 7) is 0. The maximum absolute atomic E-state index is 10.9. The Morgan fingerprint density at radius 1 is 1.67 bits per heavy atom. The van der Waals surface area contributed by atoms with Gasteiger partial charge in [0.05, 0.1) is 7.11 Å². The molecule has 0 unspecified atom stereocenters. The van der Waals surface area contributed by atoms with Crippen molar-refractivity contribution in [3.05, 3.63) is 29.4 Å². The summed E-state index contributed by atoms with van der Waals surface area (Å²) >= 11 is 0. The van der Waals surface area contributed by atoms with Crippen LogP contribution in [-0.2, 0) is 4.74 Å². The molecule has 0 radical (unpaired) electrons. The molecule has 0 saturated carbocycles. The van der Waals surface area contributed by atoms with Crippen LogP contribution in [0.2, 0.25) is 0 Å². The minimum Gasteiger partial charge on any atom is -0.464 e. The Hall–Kier alpha value is -1.78. The number of hydrogen-bond acceptors (Lipinski definition) is 4. The van der Waals surface area contributed by atoms with Crippen molar-refractivity contribution in [2.45, 2.75) is 0 Å². The standard InChI is InChI=1S/C7H8N2O3/c1-12-7(10)5-3-2-4-6(8)9(5)11/h2-4,8,11H,1H3. The lowest BCUT2D eigenvalue weighted by atomic mass is 10.3. The molecule has 1 aromatic heterocycles. The summed E-state index contributed by atoms with van der Waals surface area (Å²) in [6, 6.07) is 4.21. The van der Waals surface area contributed by atoms with Crippen LogP contribution in [0.1, 0.15) is 10.5 Å². The number of pyridine rings is 1. The first-order chi connectivity index (χ1) is 5.66. The molecule has 0 spiro atoms. The van der Waals surface area contributed by atoms with Gasteiger partial charge in [-0.3, -0.25) is 5.41 Å². The number of methoxy groups -OCH3 is 1. The fraction of sp³-hybridized carbons (Fsp3) is 0.143. The van der Waals surface area contributed by atoms with Crippen molar-refractivity contribution in [3.63, 3.8) is 0 Å². The third kappa shape index (κ3) is 1.29. The summed E-state index contributed by atoms with van der Waals surface area (Å²) in [5, 5.41) is 16.3. The smallest absolute Gasteiger partial charge is 0.358 e. The topological polar surface area (TPSA) is 75.3 Å². The summed E-state index contributed by atoms with van der Waals surface area (Å²) in [4.78, 5) is 10.9. The first kappa shape index (κ1) is 8.32. The van der Waals surface area contributed by atoms with Crippen LogP contribution in [0.5, 0.6) is 0 Å². The van der Waals surface area contributed by atoms with E-state index in [1.54, 1.807) is 0 Å². The number of carbonyl (C=O) groups is 1. The number of nitrogens with one attached hydrogen (secondary N) is 1. The van der Waals surface area contributed by atoms with E-state index in [1.807, 2.05) is 0 Å². The van der Waals surface area contributed by atoms with Crippen LogP contribution in [0.4, 0.5) is 0 Å². The molecule has 0 aliphatic rings. The van der Waals surface area contributed by atoms with Crippen molar-refractivity contribution in [1.29, 1.82) is 5.41 Å². The Morgan fingerprint density at radius 2 is 2.33 bits per heavy atom. The van der Waals surface area contributed by atoms with Crippen molar-refractivity contribution in [2.24, 2.45) is 0 Å². The minimum absolute atomic E-state index is 0.0648. The normalized spacial score (nSPS) is 9.42. The molecule has 5 nitrogen and oxygen atoms in total. The van der Waals surface area contributed by atoms with Crippen molar-refractivity contribution in [1.82, 2.24) is 4.73 Å². The van der Waals surface area contributed by atoms with Gasteiger partial charge in [0.2, 0.25) is 0 Å². The maximum Gasteiger partial charge on any atom is 0.358 e. The summed E-state index contributed by atoms with van der Waals surface area (Å²) in [6.07, 6.45) is 0. The van der Waals surface area contributed by atoms with Crippen molar-refractivity contribution in [3.8, 4) is 0 Å². The van der Waals surface area contributed by atoms with Gasteiger partial charge in [-0.25, -0.2) is 4.79 Å². The largest absolute Gasteiger partial charge is 0.464 e. The molecular weight excluding hydrogens is 160 g/mol. The third-order valence-corrected chi connectivity index (χ3v) is 1.36. The fourth-order valence-corrected chi connectivity index (χ4v) is 0.760. The van der Waals surface area contributed by atoms with E-state index in [4.69, 9.17) is 10.6 Å². The molecule has 0 aromatic carbocycles. The zero-order valence-electron chi connectivity index (χ0n) is 6.44. The molecule has 64 valence electrons. The van der Waals surface area contributed by atoms with Gasteiger partial charge >= 0.3 is 5.97 Å². The van der Waals surface area contributed by atoms with Gasteiger partial charge < -0.3 is 9.94 Å². The molecular formula is C7H8N2O3. The molecule has 0 fully saturated rings. The van der Waals surface area contributed by atoms with E-state index < -0.39 is 5.97 Å². The van der Waals surface area contributed by atoms with E-state index in [2.05, 4.69) is 4.74 Å². The number of ether oxygens (including phenoxy) is 1. The van der Waals surface area contributed by atoms with Crippen LogP contribution in [0, 0.1) is 5.41 Å². The molecule has 1 heterocycles. The molecule has 0 aliphatic carbocycles. The summed E-state index contributed by atoms with van der Waals surface area (Å²) in [5.41, 5.74) is -0.233. The SMILES string of the molecule is COC(=O)c1cccc(=N)n1O. The Kier molecular flexibility index (Phi) is 2.14. The molecule has 12 heavy (non-hydrogen) atoms. The van der Waals surface area contributed by atoms with Crippen LogP contribution >= 0.6 is 0 Å². The lowest BCUT2D eigenvalue weighted by molar-refractivity contribution is 0.0537. The molecule has 0 atom stereocenters. The average molecular weight is 168 g/mol. The Morgan fingerprint density at radius 3 is 2.92 bits per heavy atom. The lowest BCUT2D eigenvalue weighted by Gasteiger charge is -2.03. The predicted octanol–water partition coefficient (Wildman–Crippen LogP) is -0.00853. The van der Waals surface area contributed by atoms with Gasteiger partial charge in [-0.1, -0.05) is 6.07 Å². The highest BCUT2D eigenvalue weighted by Crippen LogP contribution is 1.95. The lowest BCUT2D eigenvalue weighted by Crippen LogP contribution is -2.23. The maximum atomic E-state index is 10.9. The third-order valence-electron chi connectivity index (χ3n) is 1.36. The van der Waals surface area contributed by atoms with Crippen LogP contribution in [0.3, 0.4) is 0 Å². The molecule has 0 saturated heterocycles. The van der Waals surface area contributed by atoms with Crippen LogP contribution < -0.4 is 5.49 Å². The van der Waals surface area contributed by atoms with E-state index in [-0.39, 0.29) is 11.2 Å². The summed E-state index contributed by atoms with van der Waals surface area (Å²) < 4.78 is 4.83. The molecule has 2 N–H and O–H groups in total. The molecule has 0 amide bonds. The minimum atomic E-state index is -0.674. The number of rotatable bonds is 1. The van der Waals surface area contributed by atoms with Gasteiger partial charge in [-0.05, 0) is 12.1 Å². The fourth-order valence-electron chi connectivity index (χ4n) is 0.760. The van der Waals surface area contributed by atoms with Gasteiger partial charge in [0.1, 0.15) is 0 Å². The first-order valence-electron chi connectivity index (χ1n) is 3.21. The summed E-state index contributed by atoms with van der Waals surface area (Å²) in [5.74, 6) is -0.674. The van der Waals surface area contributed by atoms with Gasteiger partial charge in [-0.15, -0.1) is 0 Å². The molecule has 0 bridgehead atoms. The number of esters is 1. The number of aromatic nitrogens is 1. The average Bonchev–Trinajstić information content (AvgIpc) is 2.08. The molecule has 0 aliphatic heterocycles. The van der Waals surface area contributed by atoms with Crippen LogP contribution in [-0.4, -0.2) is 23.0 Å². The molecule has 1 rings (SSSR count). The van der Waals surface area contributed by atoms with E-state index in [9.17, 15) is 4.79 Å². The van der Waals surface area contributed by atoms with E-state index in [0.29, 0.717) is 4.73 Å². The summed E-state index contributed by atoms with van der Waals surface area (Å²) in [7, 11) is 1.21. The zero-order chi connectivity index (χ0) is 9.14. The highest BCUT2D eigenvalue weighted by Gasteiger charge is 2.09. The van der Waals surface area contributed by atoms with Gasteiger partial charge in [0.15, 0.2) is 11.2 Å². The van der Waals surface area contributed by atoms with E-state index in [1.165, 1.54) is 25.3 Å². The van der Waals surface area contributed by atoms with Gasteiger partial charge in [-0.2, -0.15) is 4.73 Å². The van der Waals surface area contributed by atoms with E-state index >= 15 is 0 Å². The van der Waals surface area contributed by atoms with E-state index in [0.717, 1.165) is 0 Å². The van der Waals surface area contributed by atoms with Crippen LogP contribution in [0.25, 0.3) is 0 Å². The number of carbonyl (C=O) groups excluding carboxylic acids is 1. The molecule has 5 heteroatoms. The second-order valence-electron chi connectivity index (χ2n) is 2.10. The first-order valence-corrected chi connectivity index (χ1v) is 3.21. The van der Waals surface area contributed by atoms with Gasteiger partial charge in [0, 0.05) is 0 Å². The monoisotopic (exact) mass is 168 g/mol. The van der Waals surface area contributed by atoms with Crippen molar-refractivity contribution >= 4 is 5.97 Å². The van der Waals surface area contributed by atoms with Crippen LogP contribution in [0.15, 0.2) is 18.2 Å². The number of nitrogens with zero attached hydrogens (tertiary/aromatic N) is 1. The second kappa shape index (κ2) is 3.08. The highest BCUT2D eigenvalue weighted by molar-refractivity contribution is 5.87.